The van der Waals surface area contributed by atoms with E-state index in [0.29, 0.717) is 0 Å². The van der Waals surface area contributed by atoms with Crippen molar-refractivity contribution in [3.8, 4) is 0 Å². The second-order valence-corrected chi connectivity index (χ2v) is 20.7. The molecule has 2 aromatic rings. The van der Waals surface area contributed by atoms with Gasteiger partial charge in [-0.1, -0.05) is 118 Å². The average molecular weight is 677 g/mol. The van der Waals surface area contributed by atoms with E-state index >= 15 is 0 Å². The molecule has 0 N–H and O–H groups in total. The second kappa shape index (κ2) is 11.9. The molecule has 0 aliphatic carbocycles. The molecule has 5 aliphatic heterocycles. The van der Waals surface area contributed by atoms with Gasteiger partial charge in [0, 0.05) is 40.9 Å². The van der Waals surface area contributed by atoms with Crippen molar-refractivity contribution in [1.29, 1.82) is 0 Å². The number of thioether (sulfide) groups is 10. The minimum atomic E-state index is 1.23. The maximum atomic E-state index is 2.42. The highest BCUT2D eigenvalue weighted by molar-refractivity contribution is 8.41. The largest absolute Gasteiger partial charge is 0.116 e. The monoisotopic (exact) mass is 676 g/mol. The third-order valence-electron chi connectivity index (χ3n) is 5.95. The summed E-state index contributed by atoms with van der Waals surface area (Å²) in [5.74, 6) is 2.46. The van der Waals surface area contributed by atoms with E-state index in [1.165, 1.54) is 77.5 Å². The smallest absolute Gasteiger partial charge is 0.0660 e. The SMILES string of the molecule is CC(=C1SC(C=C2Sc3ccccc3S2)=C(C=C2Sc3ccccc3S2)S1)C(C)=C1SC2=C(SCCS2)S1. The molecule has 0 unspecified atom stereocenters. The van der Waals surface area contributed by atoms with Crippen LogP contribution in [0.2, 0.25) is 0 Å². The molecular formula is C28H20S10. The average Bonchev–Trinajstić information content (AvgIpc) is 3.72. The van der Waals surface area contributed by atoms with Gasteiger partial charge in [0.1, 0.15) is 0 Å². The highest BCUT2D eigenvalue weighted by atomic mass is 32.3. The van der Waals surface area contributed by atoms with Gasteiger partial charge in [0.25, 0.3) is 0 Å². The van der Waals surface area contributed by atoms with Crippen LogP contribution in [0.15, 0.2) is 127 Å². The normalized spacial score (nSPS) is 20.3. The lowest BCUT2D eigenvalue weighted by atomic mass is 10.2. The fourth-order valence-electron chi connectivity index (χ4n) is 3.90. The first-order valence-corrected chi connectivity index (χ1v) is 20.3. The third-order valence-corrected chi connectivity index (χ3v) is 19.5. The molecule has 0 aromatic heterocycles. The Morgan fingerprint density at radius 3 is 1.29 bits per heavy atom. The van der Waals surface area contributed by atoms with Crippen molar-refractivity contribution in [2.75, 3.05) is 11.5 Å². The van der Waals surface area contributed by atoms with E-state index in [1.54, 1.807) is 0 Å². The molecule has 0 atom stereocenters. The zero-order chi connectivity index (χ0) is 25.6. The van der Waals surface area contributed by atoms with Gasteiger partial charge in [-0.25, -0.2) is 0 Å². The molecule has 2 aromatic carbocycles. The van der Waals surface area contributed by atoms with Gasteiger partial charge in [-0.3, -0.25) is 0 Å². The van der Waals surface area contributed by atoms with Crippen LogP contribution >= 0.6 is 118 Å². The predicted molar refractivity (Wildman–Crippen MR) is 187 cm³/mol. The van der Waals surface area contributed by atoms with Crippen LogP contribution in [0.25, 0.3) is 0 Å². The molecule has 192 valence electrons. The number of fused-ring (bicyclic) bond motifs is 2. The van der Waals surface area contributed by atoms with Crippen LogP contribution in [0.5, 0.6) is 0 Å². The maximum Gasteiger partial charge on any atom is 0.0660 e. The summed E-state index contributed by atoms with van der Waals surface area (Å²) in [6.07, 6.45) is 4.85. The second-order valence-electron chi connectivity index (χ2n) is 8.46. The van der Waals surface area contributed by atoms with Gasteiger partial charge < -0.3 is 0 Å². The molecular weight excluding hydrogens is 657 g/mol. The van der Waals surface area contributed by atoms with E-state index in [-0.39, 0.29) is 0 Å². The van der Waals surface area contributed by atoms with Gasteiger partial charge in [0.2, 0.25) is 0 Å². The van der Waals surface area contributed by atoms with Crippen molar-refractivity contribution < 1.29 is 0 Å². The molecule has 5 aliphatic rings. The summed E-state index contributed by atoms with van der Waals surface area (Å²) >= 11 is 19.5. The fourth-order valence-corrected chi connectivity index (χ4v) is 17.6. The van der Waals surface area contributed by atoms with E-state index in [1.807, 2.05) is 118 Å². The van der Waals surface area contributed by atoms with E-state index in [4.69, 9.17) is 0 Å². The number of allylic oxidation sites excluding steroid dienone is 4. The highest BCUT2D eigenvalue weighted by Crippen LogP contribution is 2.62. The molecule has 0 fully saturated rings. The van der Waals surface area contributed by atoms with Crippen LogP contribution in [0.3, 0.4) is 0 Å². The van der Waals surface area contributed by atoms with Crippen molar-refractivity contribution in [3.05, 3.63) is 107 Å². The van der Waals surface area contributed by atoms with Crippen LogP contribution in [0, 0.1) is 0 Å². The van der Waals surface area contributed by atoms with Crippen molar-refractivity contribution >= 4 is 118 Å². The molecule has 0 spiro atoms. The molecule has 0 nitrogen and oxygen atoms in total. The topological polar surface area (TPSA) is 0 Å². The summed E-state index contributed by atoms with van der Waals surface area (Å²) in [7, 11) is 0. The number of hydrogen-bond acceptors (Lipinski definition) is 10. The zero-order valence-corrected chi connectivity index (χ0v) is 28.4. The lowest BCUT2D eigenvalue weighted by Crippen LogP contribution is -1.88. The third kappa shape index (κ3) is 5.70. The number of benzene rings is 2. The Kier molecular flexibility index (Phi) is 8.55. The van der Waals surface area contributed by atoms with Crippen LogP contribution in [0.1, 0.15) is 13.8 Å². The van der Waals surface area contributed by atoms with E-state index in [0.717, 1.165) is 0 Å². The number of rotatable bonds is 3. The van der Waals surface area contributed by atoms with Crippen LogP contribution < -0.4 is 0 Å². The molecule has 0 saturated heterocycles. The summed E-state index contributed by atoms with van der Waals surface area (Å²) in [5.41, 5.74) is 2.85. The van der Waals surface area contributed by atoms with Crippen molar-refractivity contribution in [2.45, 2.75) is 33.4 Å². The summed E-state index contributed by atoms with van der Waals surface area (Å²) in [5, 5.41) is 0. The van der Waals surface area contributed by atoms with Crippen molar-refractivity contribution in [1.82, 2.24) is 0 Å². The van der Waals surface area contributed by atoms with Crippen LogP contribution in [0.4, 0.5) is 0 Å². The molecule has 0 amide bonds. The Morgan fingerprint density at radius 2 is 0.895 bits per heavy atom. The standard InChI is InChI=1S/C28H20S10/c1-15(16(2)26-37-27-28(38-26)30-12-11-29-27)25-35-21(13-23-31-17-7-3-4-8-18(17)32-23)22(36-25)14-24-33-19-9-5-6-10-20(19)34-24/h3-10,13-14H,11-12H2,1-2H3. The van der Waals surface area contributed by atoms with Crippen LogP contribution in [-0.2, 0) is 0 Å². The molecule has 5 heterocycles. The Labute approximate surface area is 266 Å². The first-order chi connectivity index (χ1) is 18.6. The lowest BCUT2D eigenvalue weighted by molar-refractivity contribution is 1.27. The predicted octanol–water partition coefficient (Wildman–Crippen LogP) is 12.7. The Balaban J connectivity index is 1.20. The zero-order valence-electron chi connectivity index (χ0n) is 20.3. The van der Waals surface area contributed by atoms with Gasteiger partial charge in [0.15, 0.2) is 0 Å². The molecule has 7 rings (SSSR count). The van der Waals surface area contributed by atoms with Gasteiger partial charge in [0.05, 0.1) is 25.4 Å². The Morgan fingerprint density at radius 1 is 0.526 bits per heavy atom. The first-order valence-electron chi connectivity index (χ1n) is 11.8. The van der Waals surface area contributed by atoms with Gasteiger partial charge >= 0.3 is 0 Å². The highest BCUT2D eigenvalue weighted by Gasteiger charge is 2.29. The van der Waals surface area contributed by atoms with E-state index in [9.17, 15) is 0 Å². The minimum Gasteiger partial charge on any atom is -0.116 e. The van der Waals surface area contributed by atoms with Crippen molar-refractivity contribution in [2.24, 2.45) is 0 Å². The molecule has 38 heavy (non-hydrogen) atoms. The van der Waals surface area contributed by atoms with Gasteiger partial charge in [-0.2, -0.15) is 0 Å². The number of hydrogen-bond donors (Lipinski definition) is 0. The summed E-state index contributed by atoms with van der Waals surface area (Å²) in [6.45, 7) is 4.64. The quantitative estimate of drug-likeness (QED) is 0.307. The maximum absolute atomic E-state index is 2.42. The van der Waals surface area contributed by atoms with Crippen LogP contribution in [-0.4, -0.2) is 11.5 Å². The molecule has 0 saturated carbocycles. The molecule has 0 radical (unpaired) electrons. The Hall–Kier alpha value is 0.380. The summed E-state index contributed by atoms with van der Waals surface area (Å²) < 4.78 is 8.64. The first kappa shape index (κ1) is 27.2. The molecule has 10 heteroatoms. The van der Waals surface area contributed by atoms with E-state index in [2.05, 4.69) is 74.5 Å². The van der Waals surface area contributed by atoms with E-state index < -0.39 is 0 Å². The Bertz CT molecular complexity index is 1380. The summed E-state index contributed by atoms with van der Waals surface area (Å²) in [6, 6.07) is 17.5. The fraction of sp³-hybridized carbons (Fsp3) is 0.143. The van der Waals surface area contributed by atoms with Gasteiger partial charge in [-0.05, 0) is 61.4 Å². The van der Waals surface area contributed by atoms with Gasteiger partial charge in [-0.15, -0.1) is 23.5 Å². The summed E-state index contributed by atoms with van der Waals surface area (Å²) in [4.78, 5) is 8.20. The lowest BCUT2D eigenvalue weighted by Gasteiger charge is -2.09. The molecule has 0 bridgehead atoms. The minimum absolute atomic E-state index is 1.23. The van der Waals surface area contributed by atoms with Crippen molar-refractivity contribution in [3.63, 3.8) is 0 Å².